The Morgan fingerprint density at radius 2 is 1.86 bits per heavy atom. The second-order valence-electron chi connectivity index (χ2n) is 7.85. The van der Waals surface area contributed by atoms with E-state index < -0.39 is 0 Å². The Labute approximate surface area is 166 Å². The molecule has 0 spiro atoms. The van der Waals surface area contributed by atoms with Crippen molar-refractivity contribution in [2.75, 3.05) is 0 Å². The fourth-order valence-electron chi connectivity index (χ4n) is 4.41. The molecule has 1 saturated carbocycles. The first-order valence-corrected chi connectivity index (χ1v) is 10.2. The highest BCUT2D eigenvalue weighted by atomic mass is 16.1. The Balaban J connectivity index is 1.47. The maximum atomic E-state index is 13.2. The third-order valence-corrected chi connectivity index (χ3v) is 5.95. The summed E-state index contributed by atoms with van der Waals surface area (Å²) in [6.45, 7) is 4.63. The van der Waals surface area contributed by atoms with Gasteiger partial charge in [0, 0.05) is 30.4 Å². The van der Waals surface area contributed by atoms with Gasteiger partial charge in [0.15, 0.2) is 5.78 Å². The van der Waals surface area contributed by atoms with Crippen LogP contribution in [0.4, 0.5) is 0 Å². The number of allylic oxidation sites excluding steroid dienone is 1. The molecule has 4 rings (SSSR count). The standard InChI is InChI=1S/C24H27N3O/c1-2-6-21(19-7-4-3-5-8-19)24(28)20-11-9-18(10-12-20)15-27-14-13-22-23(16-27)26-17-25-22/h2,9-14,16-17,19,21H,1,3-8,15H2. The minimum Gasteiger partial charge on any atom is -0.348 e. The van der Waals surface area contributed by atoms with Gasteiger partial charge in [-0.05, 0) is 36.8 Å². The van der Waals surface area contributed by atoms with Crippen LogP contribution in [0.15, 0.2) is 61.7 Å². The number of hydrogen-bond donors (Lipinski definition) is 0. The Morgan fingerprint density at radius 1 is 1.11 bits per heavy atom. The second-order valence-corrected chi connectivity index (χ2v) is 7.85. The van der Waals surface area contributed by atoms with E-state index in [4.69, 9.17) is 0 Å². The topological polar surface area (TPSA) is 47.8 Å². The molecule has 2 aliphatic heterocycles. The minimum absolute atomic E-state index is 0.0800. The van der Waals surface area contributed by atoms with Gasteiger partial charge in [0.1, 0.15) is 12.0 Å². The maximum absolute atomic E-state index is 13.2. The van der Waals surface area contributed by atoms with E-state index in [2.05, 4.69) is 33.2 Å². The monoisotopic (exact) mass is 373 g/mol. The van der Waals surface area contributed by atoms with Gasteiger partial charge in [0.05, 0.1) is 5.69 Å². The van der Waals surface area contributed by atoms with Gasteiger partial charge in [-0.15, -0.1) is 6.58 Å². The quantitative estimate of drug-likeness (QED) is 0.412. The van der Waals surface area contributed by atoms with E-state index in [9.17, 15) is 4.79 Å². The van der Waals surface area contributed by atoms with Crippen molar-refractivity contribution >= 4 is 5.78 Å². The van der Waals surface area contributed by atoms with Crippen LogP contribution in [0.1, 0.15) is 54.4 Å². The predicted octanol–water partition coefficient (Wildman–Crippen LogP) is 5.39. The summed E-state index contributed by atoms with van der Waals surface area (Å²) in [4.78, 5) is 21.6. The van der Waals surface area contributed by atoms with Crippen molar-refractivity contribution in [1.82, 2.24) is 14.5 Å². The SMILES string of the molecule is C=CCC(C(=O)c1ccc(Cn2ccc3ncnc-3c2)cc1)C1CCCCC1. The van der Waals surface area contributed by atoms with Crippen molar-refractivity contribution in [2.45, 2.75) is 45.1 Å². The second kappa shape index (κ2) is 8.51. The zero-order valence-corrected chi connectivity index (χ0v) is 16.3. The third kappa shape index (κ3) is 4.06. The molecule has 0 N–H and O–H groups in total. The van der Waals surface area contributed by atoms with Crippen LogP contribution >= 0.6 is 0 Å². The molecule has 0 amide bonds. The van der Waals surface area contributed by atoms with Crippen LogP contribution in [0.25, 0.3) is 11.4 Å². The number of hydrogen-bond acceptors (Lipinski definition) is 3. The molecule has 4 nitrogen and oxygen atoms in total. The van der Waals surface area contributed by atoms with Crippen LogP contribution in [0, 0.1) is 11.8 Å². The van der Waals surface area contributed by atoms with Gasteiger partial charge in [0.2, 0.25) is 0 Å². The van der Waals surface area contributed by atoms with Crippen LogP contribution in [0.5, 0.6) is 0 Å². The van der Waals surface area contributed by atoms with Crippen molar-refractivity contribution in [3.8, 4) is 11.4 Å². The summed E-state index contributed by atoms with van der Waals surface area (Å²) >= 11 is 0. The number of ketones is 1. The Morgan fingerprint density at radius 3 is 2.61 bits per heavy atom. The smallest absolute Gasteiger partial charge is 0.166 e. The van der Waals surface area contributed by atoms with Crippen LogP contribution < -0.4 is 0 Å². The predicted molar refractivity (Wildman–Crippen MR) is 111 cm³/mol. The highest BCUT2D eigenvalue weighted by Crippen LogP contribution is 2.34. The molecule has 1 aromatic rings. The van der Waals surface area contributed by atoms with Gasteiger partial charge in [-0.25, -0.2) is 9.97 Å². The van der Waals surface area contributed by atoms with E-state index >= 15 is 0 Å². The molecule has 0 saturated heterocycles. The molecule has 28 heavy (non-hydrogen) atoms. The summed E-state index contributed by atoms with van der Waals surface area (Å²) in [6.07, 6.45) is 14.4. The van der Waals surface area contributed by atoms with Crippen molar-refractivity contribution in [3.05, 3.63) is 72.8 Å². The van der Waals surface area contributed by atoms with E-state index in [0.717, 1.165) is 29.9 Å². The number of benzene rings is 1. The highest BCUT2D eigenvalue weighted by molar-refractivity contribution is 5.98. The molecule has 2 heterocycles. The van der Waals surface area contributed by atoms with Gasteiger partial charge in [-0.3, -0.25) is 4.79 Å². The van der Waals surface area contributed by atoms with Gasteiger partial charge in [-0.2, -0.15) is 0 Å². The molecule has 144 valence electrons. The summed E-state index contributed by atoms with van der Waals surface area (Å²) in [7, 11) is 0. The molecule has 0 bridgehead atoms. The van der Waals surface area contributed by atoms with E-state index in [-0.39, 0.29) is 11.7 Å². The zero-order chi connectivity index (χ0) is 19.3. The summed E-state index contributed by atoms with van der Waals surface area (Å²) in [6, 6.07) is 10.1. The van der Waals surface area contributed by atoms with Crippen LogP contribution in [-0.2, 0) is 6.54 Å². The molecule has 4 heteroatoms. The molecular formula is C24H27N3O. The lowest BCUT2D eigenvalue weighted by Crippen LogP contribution is -2.25. The van der Waals surface area contributed by atoms with E-state index in [1.807, 2.05) is 36.7 Å². The fraction of sp³-hybridized carbons (Fsp3) is 0.375. The fourth-order valence-corrected chi connectivity index (χ4v) is 4.41. The largest absolute Gasteiger partial charge is 0.348 e. The Hall–Kier alpha value is -2.75. The number of carbonyl (C=O) groups is 1. The van der Waals surface area contributed by atoms with Crippen LogP contribution in [0.3, 0.4) is 0 Å². The number of aromatic nitrogens is 3. The molecule has 0 radical (unpaired) electrons. The van der Waals surface area contributed by atoms with Gasteiger partial charge in [-0.1, -0.05) is 49.6 Å². The lowest BCUT2D eigenvalue weighted by molar-refractivity contribution is 0.0847. The summed E-state index contributed by atoms with van der Waals surface area (Å²) < 4.78 is 2.09. The summed E-state index contributed by atoms with van der Waals surface area (Å²) in [5.74, 6) is 0.864. The lowest BCUT2D eigenvalue weighted by atomic mass is 9.75. The first kappa shape index (κ1) is 18.6. The highest BCUT2D eigenvalue weighted by Gasteiger charge is 2.29. The van der Waals surface area contributed by atoms with Gasteiger partial charge in [0.25, 0.3) is 0 Å². The Bertz CT molecular complexity index is 906. The van der Waals surface area contributed by atoms with Crippen molar-refractivity contribution in [2.24, 2.45) is 11.8 Å². The molecule has 1 aromatic carbocycles. The summed E-state index contributed by atoms with van der Waals surface area (Å²) in [5.41, 5.74) is 3.80. The number of imidazole rings is 1. The molecular weight excluding hydrogens is 346 g/mol. The first-order chi connectivity index (χ1) is 13.7. The van der Waals surface area contributed by atoms with Crippen LogP contribution in [0.2, 0.25) is 0 Å². The molecule has 1 aliphatic carbocycles. The van der Waals surface area contributed by atoms with E-state index in [0.29, 0.717) is 5.92 Å². The number of fused-ring (bicyclic) bond motifs is 1. The average Bonchev–Trinajstić information content (AvgIpc) is 3.21. The summed E-state index contributed by atoms with van der Waals surface area (Å²) in [5, 5.41) is 0. The number of Topliss-reactive ketones (excluding diaryl/α,β-unsaturated/α-hetero) is 1. The van der Waals surface area contributed by atoms with Gasteiger partial charge >= 0.3 is 0 Å². The number of carbonyl (C=O) groups excluding carboxylic acids is 1. The van der Waals surface area contributed by atoms with Gasteiger partial charge < -0.3 is 4.57 Å². The molecule has 1 atom stereocenters. The maximum Gasteiger partial charge on any atom is 0.166 e. The minimum atomic E-state index is 0.0800. The zero-order valence-electron chi connectivity index (χ0n) is 16.3. The van der Waals surface area contributed by atoms with Crippen molar-refractivity contribution in [1.29, 1.82) is 0 Å². The van der Waals surface area contributed by atoms with Crippen molar-refractivity contribution in [3.63, 3.8) is 0 Å². The average molecular weight is 374 g/mol. The van der Waals surface area contributed by atoms with E-state index in [1.165, 1.54) is 37.7 Å². The molecule has 3 aliphatic rings. The third-order valence-electron chi connectivity index (χ3n) is 5.95. The molecule has 1 unspecified atom stereocenters. The van der Waals surface area contributed by atoms with Crippen molar-refractivity contribution < 1.29 is 4.79 Å². The number of rotatable bonds is 7. The number of pyridine rings is 1. The number of nitrogens with zero attached hydrogens (tertiary/aromatic N) is 3. The van der Waals surface area contributed by atoms with Crippen LogP contribution in [-0.4, -0.2) is 20.3 Å². The molecule has 1 fully saturated rings. The Kier molecular flexibility index (Phi) is 5.65. The lowest BCUT2D eigenvalue weighted by Gasteiger charge is -2.28. The first-order valence-electron chi connectivity index (χ1n) is 10.2. The molecule has 0 aromatic heterocycles. The van der Waals surface area contributed by atoms with E-state index in [1.54, 1.807) is 6.33 Å². The normalized spacial score (nSPS) is 16.1.